The molecule has 2 atom stereocenters. The highest BCUT2D eigenvalue weighted by molar-refractivity contribution is 5.06. The van der Waals surface area contributed by atoms with Crippen LogP contribution in [0, 0.1) is 5.92 Å². The summed E-state index contributed by atoms with van der Waals surface area (Å²) in [6.45, 7) is 4.47. The first kappa shape index (κ1) is 8.75. The molecule has 0 aliphatic heterocycles. The zero-order chi connectivity index (χ0) is 8.43. The highest BCUT2D eigenvalue weighted by atomic mass is 15.4. The molecule has 64 valence electrons. The van der Waals surface area contributed by atoms with Crippen LogP contribution in [-0.4, -0.2) is 18.1 Å². The van der Waals surface area contributed by atoms with Crippen molar-refractivity contribution in [3.8, 4) is 0 Å². The van der Waals surface area contributed by atoms with Crippen LogP contribution in [0.5, 0.6) is 0 Å². The van der Waals surface area contributed by atoms with Crippen LogP contribution >= 0.6 is 0 Å². The first-order chi connectivity index (χ1) is 5.11. The van der Waals surface area contributed by atoms with E-state index < -0.39 is 0 Å². The molecule has 0 heterocycles. The summed E-state index contributed by atoms with van der Waals surface area (Å²) in [5.41, 5.74) is 1.51. The van der Waals surface area contributed by atoms with Crippen LogP contribution in [0.15, 0.2) is 11.6 Å². The summed E-state index contributed by atoms with van der Waals surface area (Å²) < 4.78 is 0. The zero-order valence-electron chi connectivity index (χ0n) is 7.67. The van der Waals surface area contributed by atoms with E-state index in [9.17, 15) is 0 Å². The Hall–Kier alpha value is -0.340. The maximum absolute atomic E-state index is 5.71. The molecule has 0 aromatic heterocycles. The second-order valence-corrected chi connectivity index (χ2v) is 3.70. The lowest BCUT2D eigenvalue weighted by Crippen LogP contribution is -2.42. The highest BCUT2D eigenvalue weighted by Crippen LogP contribution is 2.25. The first-order valence-corrected chi connectivity index (χ1v) is 4.24. The molecule has 0 bridgehead atoms. The molecule has 1 rings (SSSR count). The van der Waals surface area contributed by atoms with E-state index in [-0.39, 0.29) is 0 Å². The van der Waals surface area contributed by atoms with Crippen molar-refractivity contribution in [1.82, 2.24) is 5.01 Å². The molecular formula is C9H18N2. The van der Waals surface area contributed by atoms with Gasteiger partial charge in [-0.05, 0) is 25.7 Å². The third-order valence-corrected chi connectivity index (χ3v) is 2.53. The van der Waals surface area contributed by atoms with Crippen molar-refractivity contribution in [3.63, 3.8) is 0 Å². The van der Waals surface area contributed by atoms with E-state index in [4.69, 9.17) is 5.84 Å². The van der Waals surface area contributed by atoms with Crippen LogP contribution in [0.1, 0.15) is 26.7 Å². The van der Waals surface area contributed by atoms with Gasteiger partial charge in [0.25, 0.3) is 0 Å². The Morgan fingerprint density at radius 3 is 2.73 bits per heavy atom. The minimum atomic E-state index is 0.540. The van der Waals surface area contributed by atoms with Crippen LogP contribution in [0.2, 0.25) is 0 Å². The molecule has 2 heteroatoms. The summed E-state index contributed by atoms with van der Waals surface area (Å²) in [7, 11) is 1.95. The molecule has 0 aromatic rings. The Bertz CT molecular complexity index is 161. The molecule has 0 fully saturated rings. The maximum atomic E-state index is 5.71. The van der Waals surface area contributed by atoms with E-state index >= 15 is 0 Å². The smallest absolute Gasteiger partial charge is 0.0301 e. The van der Waals surface area contributed by atoms with Gasteiger partial charge in [-0.25, -0.2) is 5.01 Å². The van der Waals surface area contributed by atoms with Gasteiger partial charge in [0, 0.05) is 13.1 Å². The Morgan fingerprint density at radius 1 is 1.64 bits per heavy atom. The predicted molar refractivity (Wildman–Crippen MR) is 47.9 cm³/mol. The second kappa shape index (κ2) is 3.37. The van der Waals surface area contributed by atoms with Gasteiger partial charge in [-0.3, -0.25) is 5.84 Å². The summed E-state index contributed by atoms with van der Waals surface area (Å²) >= 11 is 0. The lowest BCUT2D eigenvalue weighted by molar-refractivity contribution is 0.180. The average Bonchev–Trinajstić information content (AvgIpc) is 1.85. The van der Waals surface area contributed by atoms with Gasteiger partial charge in [-0.1, -0.05) is 18.6 Å². The summed E-state index contributed by atoms with van der Waals surface area (Å²) in [5.74, 6) is 6.41. The zero-order valence-corrected chi connectivity index (χ0v) is 7.67. The standard InChI is InChI=1S/C9H18N2/c1-7-4-5-9(11(3)10)8(2)6-7/h4,8-9H,5-6,10H2,1-3H3. The molecular weight excluding hydrogens is 136 g/mol. The van der Waals surface area contributed by atoms with Crippen molar-refractivity contribution in [2.75, 3.05) is 7.05 Å². The molecule has 0 radical (unpaired) electrons. The normalized spacial score (nSPS) is 32.3. The topological polar surface area (TPSA) is 29.3 Å². The van der Waals surface area contributed by atoms with E-state index in [1.165, 1.54) is 12.0 Å². The number of hydrazine groups is 1. The average molecular weight is 154 g/mol. The second-order valence-electron chi connectivity index (χ2n) is 3.70. The van der Waals surface area contributed by atoms with Gasteiger partial charge in [-0.2, -0.15) is 0 Å². The largest absolute Gasteiger partial charge is 0.269 e. The van der Waals surface area contributed by atoms with Crippen molar-refractivity contribution in [3.05, 3.63) is 11.6 Å². The molecule has 2 N–H and O–H groups in total. The summed E-state index contributed by atoms with van der Waals surface area (Å²) in [6, 6.07) is 0.540. The summed E-state index contributed by atoms with van der Waals surface area (Å²) in [4.78, 5) is 0. The SMILES string of the molecule is CC1=CCC(N(C)N)C(C)C1. The molecule has 0 aromatic carbocycles. The number of rotatable bonds is 1. The van der Waals surface area contributed by atoms with Crippen molar-refractivity contribution >= 4 is 0 Å². The molecule has 1 aliphatic rings. The van der Waals surface area contributed by atoms with Crippen molar-refractivity contribution in [2.45, 2.75) is 32.7 Å². The van der Waals surface area contributed by atoms with Crippen molar-refractivity contribution in [2.24, 2.45) is 11.8 Å². The van der Waals surface area contributed by atoms with Gasteiger partial charge < -0.3 is 0 Å². The fourth-order valence-electron chi connectivity index (χ4n) is 1.85. The van der Waals surface area contributed by atoms with Gasteiger partial charge >= 0.3 is 0 Å². The molecule has 0 saturated carbocycles. The molecule has 0 spiro atoms. The third kappa shape index (κ3) is 2.04. The Balaban J connectivity index is 2.58. The minimum Gasteiger partial charge on any atom is -0.269 e. The van der Waals surface area contributed by atoms with Gasteiger partial charge in [0.05, 0.1) is 0 Å². The molecule has 2 nitrogen and oxygen atoms in total. The van der Waals surface area contributed by atoms with E-state index in [2.05, 4.69) is 19.9 Å². The van der Waals surface area contributed by atoms with E-state index in [0.717, 1.165) is 6.42 Å². The number of allylic oxidation sites excluding steroid dienone is 1. The number of nitrogens with two attached hydrogens (primary N) is 1. The molecule has 1 aliphatic carbocycles. The molecule has 0 amide bonds. The van der Waals surface area contributed by atoms with Gasteiger partial charge in [-0.15, -0.1) is 0 Å². The monoisotopic (exact) mass is 154 g/mol. The third-order valence-electron chi connectivity index (χ3n) is 2.53. The van der Waals surface area contributed by atoms with E-state index in [1.54, 1.807) is 0 Å². The predicted octanol–water partition coefficient (Wildman–Crippen LogP) is 1.54. The minimum absolute atomic E-state index is 0.540. The van der Waals surface area contributed by atoms with E-state index in [1.807, 2.05) is 12.1 Å². The van der Waals surface area contributed by atoms with Crippen molar-refractivity contribution < 1.29 is 0 Å². The number of hydrogen-bond acceptors (Lipinski definition) is 2. The molecule has 0 saturated heterocycles. The number of nitrogens with zero attached hydrogens (tertiary/aromatic N) is 1. The van der Waals surface area contributed by atoms with Crippen molar-refractivity contribution in [1.29, 1.82) is 0 Å². The molecule has 11 heavy (non-hydrogen) atoms. The Labute approximate surface area is 69.0 Å². The summed E-state index contributed by atoms with van der Waals surface area (Å²) in [5, 5.41) is 1.84. The Morgan fingerprint density at radius 2 is 2.27 bits per heavy atom. The lowest BCUT2D eigenvalue weighted by Gasteiger charge is -2.32. The highest BCUT2D eigenvalue weighted by Gasteiger charge is 2.22. The summed E-state index contributed by atoms with van der Waals surface area (Å²) in [6.07, 6.45) is 4.61. The van der Waals surface area contributed by atoms with Crippen LogP contribution in [0.4, 0.5) is 0 Å². The first-order valence-electron chi connectivity index (χ1n) is 4.24. The molecule has 2 unspecified atom stereocenters. The number of hydrogen-bond donors (Lipinski definition) is 1. The van der Waals surface area contributed by atoms with E-state index in [0.29, 0.717) is 12.0 Å². The Kier molecular flexibility index (Phi) is 2.68. The van der Waals surface area contributed by atoms with Gasteiger partial charge in [0.2, 0.25) is 0 Å². The van der Waals surface area contributed by atoms with Gasteiger partial charge in [0.1, 0.15) is 0 Å². The lowest BCUT2D eigenvalue weighted by atomic mass is 9.86. The fraction of sp³-hybridized carbons (Fsp3) is 0.778. The van der Waals surface area contributed by atoms with Crippen LogP contribution in [0.3, 0.4) is 0 Å². The van der Waals surface area contributed by atoms with Crippen LogP contribution in [0.25, 0.3) is 0 Å². The van der Waals surface area contributed by atoms with Gasteiger partial charge in [0.15, 0.2) is 0 Å². The fourth-order valence-corrected chi connectivity index (χ4v) is 1.85. The maximum Gasteiger partial charge on any atom is 0.0301 e. The quantitative estimate of drug-likeness (QED) is 0.352. The van der Waals surface area contributed by atoms with Crippen LogP contribution < -0.4 is 5.84 Å². The van der Waals surface area contributed by atoms with Crippen LogP contribution in [-0.2, 0) is 0 Å².